The van der Waals surface area contributed by atoms with Gasteiger partial charge in [-0.1, -0.05) is 6.07 Å². The highest BCUT2D eigenvalue weighted by Gasteiger charge is 2.04. The number of nitrogens with one attached hydrogen (secondary N) is 3. The molecule has 0 spiro atoms. The summed E-state index contributed by atoms with van der Waals surface area (Å²) in [5, 5.41) is 3.15. The van der Waals surface area contributed by atoms with Crippen LogP contribution in [0.1, 0.15) is 17.0 Å². The summed E-state index contributed by atoms with van der Waals surface area (Å²) < 4.78 is 0. The Labute approximate surface area is 149 Å². The van der Waals surface area contributed by atoms with Gasteiger partial charge in [0, 0.05) is 67.4 Å². The van der Waals surface area contributed by atoms with Gasteiger partial charge in [-0.25, -0.2) is 9.97 Å². The van der Waals surface area contributed by atoms with Gasteiger partial charge in [0.2, 0.25) is 5.95 Å². The minimum Gasteiger partial charge on any atom is -0.355 e. The van der Waals surface area contributed by atoms with Gasteiger partial charge in [0.25, 0.3) is 5.56 Å². The first-order valence-electron chi connectivity index (χ1n) is 8.08. The Morgan fingerprint density at radius 1 is 1.16 bits per heavy atom. The lowest BCUT2D eigenvalue weighted by atomic mass is 10.1. The molecule has 130 valence electrons. The van der Waals surface area contributed by atoms with Crippen molar-refractivity contribution in [1.82, 2.24) is 24.9 Å². The summed E-state index contributed by atoms with van der Waals surface area (Å²) in [6.45, 7) is 0.744. The predicted molar refractivity (Wildman–Crippen MR) is 100 cm³/mol. The number of hydrogen-bond acceptors (Lipinski definition) is 6. The van der Waals surface area contributed by atoms with E-state index in [1.165, 1.54) is 0 Å². The zero-order valence-corrected chi connectivity index (χ0v) is 14.6. The predicted octanol–water partition coefficient (Wildman–Crippen LogP) is 1.87. The van der Waals surface area contributed by atoms with Gasteiger partial charge in [-0.2, -0.15) is 11.8 Å². The lowest BCUT2D eigenvalue weighted by Crippen LogP contribution is -2.18. The molecule has 0 atom stereocenters. The number of aromatic amines is 2. The molecule has 0 fully saturated rings. The fourth-order valence-electron chi connectivity index (χ4n) is 2.31. The van der Waals surface area contributed by atoms with Gasteiger partial charge in [-0.3, -0.25) is 14.8 Å². The van der Waals surface area contributed by atoms with Crippen LogP contribution in [0.25, 0.3) is 0 Å². The van der Waals surface area contributed by atoms with Gasteiger partial charge >= 0.3 is 0 Å². The quantitative estimate of drug-likeness (QED) is 0.506. The number of nitrogens with zero attached hydrogens (tertiary/aromatic N) is 3. The number of hydrogen-bond donors (Lipinski definition) is 3. The van der Waals surface area contributed by atoms with Crippen molar-refractivity contribution in [2.24, 2.45) is 0 Å². The molecule has 0 saturated carbocycles. The first kappa shape index (κ1) is 17.2. The lowest BCUT2D eigenvalue weighted by molar-refractivity contribution is 0.993. The van der Waals surface area contributed by atoms with E-state index in [1.807, 2.05) is 30.1 Å². The van der Waals surface area contributed by atoms with Crippen molar-refractivity contribution in [2.75, 3.05) is 23.4 Å². The number of aryl methyl sites for hydroxylation is 1. The minimum atomic E-state index is -0.119. The lowest BCUT2D eigenvalue weighted by Gasteiger charge is -2.06. The van der Waals surface area contributed by atoms with Crippen molar-refractivity contribution in [2.45, 2.75) is 12.8 Å². The van der Waals surface area contributed by atoms with Gasteiger partial charge in [0.15, 0.2) is 0 Å². The Hall–Kier alpha value is -2.61. The second-order valence-corrected chi connectivity index (χ2v) is 6.67. The van der Waals surface area contributed by atoms with Crippen LogP contribution in [0.5, 0.6) is 0 Å². The van der Waals surface area contributed by atoms with E-state index in [0.717, 1.165) is 35.9 Å². The van der Waals surface area contributed by atoms with Gasteiger partial charge < -0.3 is 10.3 Å². The van der Waals surface area contributed by atoms with E-state index < -0.39 is 0 Å². The first-order valence-corrected chi connectivity index (χ1v) is 9.24. The highest BCUT2D eigenvalue weighted by molar-refractivity contribution is 7.99. The third kappa shape index (κ3) is 5.46. The van der Waals surface area contributed by atoms with E-state index in [0.29, 0.717) is 17.9 Å². The number of H-pyrrole nitrogens is 2. The summed E-state index contributed by atoms with van der Waals surface area (Å²) in [5.41, 5.74) is 1.50. The Morgan fingerprint density at radius 3 is 2.88 bits per heavy atom. The molecule has 0 unspecified atom stereocenters. The van der Waals surface area contributed by atoms with E-state index in [4.69, 9.17) is 0 Å². The van der Waals surface area contributed by atoms with Gasteiger partial charge in [-0.15, -0.1) is 0 Å². The van der Waals surface area contributed by atoms with Gasteiger partial charge in [0.1, 0.15) is 5.82 Å². The van der Waals surface area contributed by atoms with Crippen LogP contribution in [0, 0.1) is 0 Å². The fourth-order valence-corrected chi connectivity index (χ4v) is 3.09. The molecule has 3 aromatic heterocycles. The normalized spacial score (nSPS) is 10.7. The van der Waals surface area contributed by atoms with Crippen LogP contribution in [-0.2, 0) is 12.8 Å². The van der Waals surface area contributed by atoms with E-state index in [9.17, 15) is 4.79 Å². The summed E-state index contributed by atoms with van der Waals surface area (Å²) in [7, 11) is 0. The maximum Gasteiger partial charge on any atom is 0.255 e. The molecule has 8 heteroatoms. The second-order valence-electron chi connectivity index (χ2n) is 5.45. The van der Waals surface area contributed by atoms with E-state index in [1.54, 1.807) is 24.8 Å². The molecule has 0 aliphatic carbocycles. The standard InChI is InChI=1S/C17H20N6OS/c24-16-14(10-13-2-1-4-18-11-13)12-22-17(23-16)21-7-9-25-8-3-15-19-5-6-20-15/h1-2,4-6,11-12H,3,7-10H2,(H,19,20)(H2,21,22,23,24). The summed E-state index contributed by atoms with van der Waals surface area (Å²) in [6.07, 6.45) is 10.1. The molecule has 0 radical (unpaired) electrons. The molecule has 0 saturated heterocycles. The minimum absolute atomic E-state index is 0.119. The van der Waals surface area contributed by atoms with Crippen molar-refractivity contribution >= 4 is 17.7 Å². The summed E-state index contributed by atoms with van der Waals surface area (Å²) >= 11 is 1.83. The Morgan fingerprint density at radius 2 is 2.12 bits per heavy atom. The molecule has 7 nitrogen and oxygen atoms in total. The van der Waals surface area contributed by atoms with Gasteiger partial charge in [0.05, 0.1) is 0 Å². The van der Waals surface area contributed by atoms with Crippen LogP contribution in [0.15, 0.2) is 47.9 Å². The van der Waals surface area contributed by atoms with Crippen LogP contribution in [0.3, 0.4) is 0 Å². The maximum absolute atomic E-state index is 12.1. The molecule has 25 heavy (non-hydrogen) atoms. The molecule has 3 heterocycles. The second kappa shape index (κ2) is 9.03. The molecule has 0 aliphatic heterocycles. The fraction of sp³-hybridized carbons (Fsp3) is 0.294. The number of imidazole rings is 1. The summed E-state index contributed by atoms with van der Waals surface area (Å²) in [6, 6.07) is 3.80. The smallest absolute Gasteiger partial charge is 0.255 e. The number of aromatic nitrogens is 5. The molecule has 0 amide bonds. The van der Waals surface area contributed by atoms with E-state index in [-0.39, 0.29) is 5.56 Å². The third-order valence-corrected chi connectivity index (χ3v) is 4.55. The SMILES string of the molecule is O=c1[nH]c(NCCSCCc2ncc[nH]2)ncc1Cc1cccnc1. The van der Waals surface area contributed by atoms with Gasteiger partial charge in [-0.05, 0) is 11.6 Å². The van der Waals surface area contributed by atoms with E-state index >= 15 is 0 Å². The van der Waals surface area contributed by atoms with Crippen molar-refractivity contribution < 1.29 is 0 Å². The van der Waals surface area contributed by atoms with Crippen LogP contribution in [0.2, 0.25) is 0 Å². The van der Waals surface area contributed by atoms with Crippen molar-refractivity contribution in [3.05, 3.63) is 70.4 Å². The first-order chi connectivity index (χ1) is 12.3. The monoisotopic (exact) mass is 356 g/mol. The molecule has 0 aliphatic rings. The molecule has 3 aromatic rings. The third-order valence-electron chi connectivity index (χ3n) is 3.57. The Bertz CT molecular complexity index is 819. The highest BCUT2D eigenvalue weighted by Crippen LogP contribution is 2.06. The molecule has 3 rings (SSSR count). The molecule has 3 N–H and O–H groups in total. The topological polar surface area (TPSA) is 99.3 Å². The summed E-state index contributed by atoms with van der Waals surface area (Å²) in [5.74, 6) is 3.45. The van der Waals surface area contributed by atoms with Crippen molar-refractivity contribution in [3.63, 3.8) is 0 Å². The number of anilines is 1. The average Bonchev–Trinajstić information content (AvgIpc) is 3.14. The largest absolute Gasteiger partial charge is 0.355 e. The average molecular weight is 356 g/mol. The van der Waals surface area contributed by atoms with Crippen LogP contribution in [-0.4, -0.2) is 43.0 Å². The molecular formula is C17H20N6OS. The van der Waals surface area contributed by atoms with E-state index in [2.05, 4.69) is 30.2 Å². The zero-order chi connectivity index (χ0) is 17.3. The summed E-state index contributed by atoms with van der Waals surface area (Å²) in [4.78, 5) is 30.5. The number of thioether (sulfide) groups is 1. The van der Waals surface area contributed by atoms with Crippen LogP contribution in [0.4, 0.5) is 5.95 Å². The Balaban J connectivity index is 1.41. The van der Waals surface area contributed by atoms with Crippen molar-refractivity contribution in [3.8, 4) is 0 Å². The van der Waals surface area contributed by atoms with Crippen molar-refractivity contribution in [1.29, 1.82) is 0 Å². The number of rotatable bonds is 9. The molecule has 0 aromatic carbocycles. The van der Waals surface area contributed by atoms with Crippen LogP contribution >= 0.6 is 11.8 Å². The van der Waals surface area contributed by atoms with Crippen LogP contribution < -0.4 is 10.9 Å². The number of pyridine rings is 1. The zero-order valence-electron chi connectivity index (χ0n) is 13.7. The highest BCUT2D eigenvalue weighted by atomic mass is 32.2. The molecular weight excluding hydrogens is 336 g/mol. The maximum atomic E-state index is 12.1. The Kier molecular flexibility index (Phi) is 6.22. The molecule has 0 bridgehead atoms.